The molecule has 0 radical (unpaired) electrons. The molecule has 0 heterocycles. The molecule has 2 nitrogen and oxygen atoms in total. The van der Waals surface area contributed by atoms with Gasteiger partial charge in [-0.2, -0.15) is 0 Å². The highest BCUT2D eigenvalue weighted by Gasteiger charge is 2.17. The Morgan fingerprint density at radius 1 is 1.18 bits per heavy atom. The average molecular weight is 492 g/mol. The second-order valence-corrected chi connectivity index (χ2v) is 6.34. The SMILES string of the molecule is C=CC(=O)OCc1c(Br)c(Br)c(C)c(Br)c1Br. The van der Waals surface area contributed by atoms with Crippen molar-refractivity contribution in [2.24, 2.45) is 0 Å². The maximum atomic E-state index is 11.1. The van der Waals surface area contributed by atoms with E-state index in [1.165, 1.54) is 0 Å². The maximum absolute atomic E-state index is 11.1. The van der Waals surface area contributed by atoms with E-state index in [-0.39, 0.29) is 6.61 Å². The molecule has 1 aromatic carbocycles. The molecule has 0 fully saturated rings. The fourth-order valence-corrected chi connectivity index (χ4v) is 3.74. The Balaban J connectivity index is 3.16. The average Bonchev–Trinajstić information content (AvgIpc) is 2.33. The van der Waals surface area contributed by atoms with Crippen molar-refractivity contribution in [1.82, 2.24) is 0 Å². The summed E-state index contributed by atoms with van der Waals surface area (Å²) in [5, 5.41) is 0. The molecule has 0 saturated carbocycles. The van der Waals surface area contributed by atoms with Crippen molar-refractivity contribution in [3.05, 3.63) is 41.7 Å². The lowest BCUT2D eigenvalue weighted by Gasteiger charge is -2.14. The first-order chi connectivity index (χ1) is 7.90. The fourth-order valence-electron chi connectivity index (χ4n) is 1.12. The van der Waals surface area contributed by atoms with Crippen molar-refractivity contribution in [2.75, 3.05) is 0 Å². The molecule has 0 atom stereocenters. The molecule has 0 N–H and O–H groups in total. The van der Waals surface area contributed by atoms with Crippen molar-refractivity contribution in [1.29, 1.82) is 0 Å². The van der Waals surface area contributed by atoms with Crippen molar-refractivity contribution >= 4 is 69.7 Å². The van der Waals surface area contributed by atoms with Crippen LogP contribution in [0, 0.1) is 6.92 Å². The first-order valence-electron chi connectivity index (χ1n) is 4.50. The van der Waals surface area contributed by atoms with Gasteiger partial charge in [0.05, 0.1) is 0 Å². The summed E-state index contributed by atoms with van der Waals surface area (Å²) in [7, 11) is 0. The lowest BCUT2D eigenvalue weighted by molar-refractivity contribution is -0.139. The summed E-state index contributed by atoms with van der Waals surface area (Å²) >= 11 is 13.9. The Morgan fingerprint density at radius 3 is 2.06 bits per heavy atom. The lowest BCUT2D eigenvalue weighted by Crippen LogP contribution is -2.03. The Bertz CT molecular complexity index is 454. The molecule has 1 aromatic rings. The number of hydrogen-bond donors (Lipinski definition) is 0. The van der Waals surface area contributed by atoms with Crippen LogP contribution in [-0.2, 0) is 16.1 Å². The molecule has 0 aliphatic carbocycles. The predicted molar refractivity (Wildman–Crippen MR) is 82.0 cm³/mol. The minimum Gasteiger partial charge on any atom is -0.458 e. The first kappa shape index (κ1) is 15.4. The van der Waals surface area contributed by atoms with Crippen LogP contribution in [-0.4, -0.2) is 5.97 Å². The van der Waals surface area contributed by atoms with Gasteiger partial charge in [0, 0.05) is 29.5 Å². The van der Waals surface area contributed by atoms with Crippen molar-refractivity contribution in [3.8, 4) is 0 Å². The summed E-state index contributed by atoms with van der Waals surface area (Å²) in [6, 6.07) is 0. The first-order valence-corrected chi connectivity index (χ1v) is 7.68. The zero-order chi connectivity index (χ0) is 13.2. The predicted octanol–water partition coefficient (Wildman–Crippen LogP) is 5.27. The zero-order valence-corrected chi connectivity index (χ0v) is 15.2. The van der Waals surface area contributed by atoms with E-state index in [2.05, 4.69) is 70.3 Å². The number of ether oxygens (including phenoxy) is 1. The molecule has 92 valence electrons. The molecule has 0 unspecified atom stereocenters. The number of carbonyl (C=O) groups excluding carboxylic acids is 1. The van der Waals surface area contributed by atoms with Gasteiger partial charge < -0.3 is 4.74 Å². The summed E-state index contributed by atoms with van der Waals surface area (Å²) in [5.41, 5.74) is 1.91. The number of carbonyl (C=O) groups is 1. The molecule has 0 bridgehead atoms. The highest BCUT2D eigenvalue weighted by molar-refractivity contribution is 9.14. The third-order valence-electron chi connectivity index (χ3n) is 2.10. The Hall–Kier alpha value is 0.350. The fraction of sp³-hybridized carbons (Fsp3) is 0.182. The minimum atomic E-state index is -0.448. The number of rotatable bonds is 3. The largest absolute Gasteiger partial charge is 0.458 e. The van der Waals surface area contributed by atoms with Crippen LogP contribution in [0.1, 0.15) is 11.1 Å². The van der Waals surface area contributed by atoms with E-state index in [4.69, 9.17) is 4.74 Å². The molecule has 0 saturated heterocycles. The number of esters is 1. The van der Waals surface area contributed by atoms with E-state index in [1.807, 2.05) is 6.92 Å². The van der Waals surface area contributed by atoms with E-state index in [9.17, 15) is 4.79 Å². The second-order valence-electron chi connectivity index (χ2n) is 3.17. The molecule has 1 rings (SSSR count). The standard InChI is InChI=1S/C11H8Br4O2/c1-3-7(16)17-4-6-10(14)8(12)5(2)9(13)11(6)15/h3H,1,4H2,2H3. The zero-order valence-electron chi connectivity index (χ0n) is 8.82. The molecule has 0 spiro atoms. The smallest absolute Gasteiger partial charge is 0.330 e. The number of halogens is 4. The van der Waals surface area contributed by atoms with Gasteiger partial charge >= 0.3 is 5.97 Å². The van der Waals surface area contributed by atoms with Crippen LogP contribution in [0.4, 0.5) is 0 Å². The summed E-state index contributed by atoms with van der Waals surface area (Å²) < 4.78 is 8.61. The van der Waals surface area contributed by atoms with Crippen molar-refractivity contribution < 1.29 is 9.53 Å². The number of benzene rings is 1. The highest BCUT2D eigenvalue weighted by Crippen LogP contribution is 2.41. The van der Waals surface area contributed by atoms with Gasteiger partial charge in [0.1, 0.15) is 6.61 Å². The van der Waals surface area contributed by atoms with Crippen LogP contribution in [0.2, 0.25) is 0 Å². The second kappa shape index (κ2) is 6.50. The molecule has 17 heavy (non-hydrogen) atoms. The molecular formula is C11H8Br4O2. The molecule has 0 aromatic heterocycles. The van der Waals surface area contributed by atoms with E-state index in [0.29, 0.717) is 0 Å². The van der Waals surface area contributed by atoms with Crippen molar-refractivity contribution in [3.63, 3.8) is 0 Å². The van der Waals surface area contributed by atoms with Crippen LogP contribution >= 0.6 is 63.7 Å². The van der Waals surface area contributed by atoms with E-state index < -0.39 is 5.97 Å². The molecular weight excluding hydrogens is 484 g/mol. The summed E-state index contributed by atoms with van der Waals surface area (Å²) in [6.07, 6.45) is 1.14. The Morgan fingerprint density at radius 2 is 1.65 bits per heavy atom. The van der Waals surface area contributed by atoms with Gasteiger partial charge in [-0.15, -0.1) is 0 Å². The van der Waals surface area contributed by atoms with Gasteiger partial charge in [0.25, 0.3) is 0 Å². The normalized spacial score (nSPS) is 10.2. The van der Waals surface area contributed by atoms with Gasteiger partial charge in [-0.05, 0) is 76.2 Å². The minimum absolute atomic E-state index is 0.170. The van der Waals surface area contributed by atoms with Crippen LogP contribution in [0.15, 0.2) is 30.5 Å². The maximum Gasteiger partial charge on any atom is 0.330 e. The van der Waals surface area contributed by atoms with E-state index in [0.717, 1.165) is 35.1 Å². The monoisotopic (exact) mass is 488 g/mol. The van der Waals surface area contributed by atoms with Gasteiger partial charge in [-0.3, -0.25) is 0 Å². The summed E-state index contributed by atoms with van der Waals surface area (Å²) in [5.74, 6) is -0.448. The van der Waals surface area contributed by atoms with Crippen LogP contribution < -0.4 is 0 Å². The van der Waals surface area contributed by atoms with Crippen LogP contribution in [0.25, 0.3) is 0 Å². The molecule has 0 aliphatic rings. The van der Waals surface area contributed by atoms with Gasteiger partial charge in [-0.25, -0.2) is 4.79 Å². The van der Waals surface area contributed by atoms with Gasteiger partial charge in [0.15, 0.2) is 0 Å². The quantitative estimate of drug-likeness (QED) is 0.327. The topological polar surface area (TPSA) is 26.3 Å². The van der Waals surface area contributed by atoms with Crippen LogP contribution in [0.5, 0.6) is 0 Å². The third kappa shape index (κ3) is 3.43. The van der Waals surface area contributed by atoms with E-state index >= 15 is 0 Å². The third-order valence-corrected chi connectivity index (χ3v) is 6.90. The molecule has 6 heteroatoms. The summed E-state index contributed by atoms with van der Waals surface area (Å²) in [6.45, 7) is 5.50. The van der Waals surface area contributed by atoms with E-state index in [1.54, 1.807) is 0 Å². The van der Waals surface area contributed by atoms with Crippen molar-refractivity contribution in [2.45, 2.75) is 13.5 Å². The highest BCUT2D eigenvalue weighted by atomic mass is 79.9. The number of hydrogen-bond acceptors (Lipinski definition) is 2. The van der Waals surface area contributed by atoms with Gasteiger partial charge in [-0.1, -0.05) is 6.58 Å². The molecule has 0 aliphatic heterocycles. The van der Waals surface area contributed by atoms with Crippen LogP contribution in [0.3, 0.4) is 0 Å². The lowest BCUT2D eigenvalue weighted by atomic mass is 10.1. The summed E-state index contributed by atoms with van der Waals surface area (Å²) in [4.78, 5) is 11.1. The Labute approximate surface area is 133 Å². The van der Waals surface area contributed by atoms with Gasteiger partial charge in [0.2, 0.25) is 0 Å². The Kier molecular flexibility index (Phi) is 5.89. The molecule has 0 amide bonds.